The third kappa shape index (κ3) is 3.34. The maximum atomic E-state index is 13.3. The number of nitrogens with one attached hydrogen (secondary N) is 1. The lowest BCUT2D eigenvalue weighted by atomic mass is 10.1. The first kappa shape index (κ1) is 18.4. The first-order valence-electron chi connectivity index (χ1n) is 9.35. The highest BCUT2D eigenvalue weighted by Crippen LogP contribution is 2.31. The molecule has 4 aromatic rings. The molecule has 0 radical (unpaired) electrons. The number of nitrogens with zero attached hydrogens (tertiary/aromatic N) is 1. The number of hydrogen-bond acceptors (Lipinski definition) is 3. The van der Waals surface area contributed by atoms with Gasteiger partial charge in [-0.2, -0.15) is 0 Å². The molecule has 0 atom stereocenters. The van der Waals surface area contributed by atoms with Crippen LogP contribution in [0.1, 0.15) is 34.6 Å². The molecule has 0 spiro atoms. The third-order valence-corrected chi connectivity index (χ3v) is 6.09. The van der Waals surface area contributed by atoms with Gasteiger partial charge in [-0.05, 0) is 44.5 Å². The van der Waals surface area contributed by atoms with Crippen LogP contribution < -0.4 is 5.56 Å². The predicted molar refractivity (Wildman–Crippen MR) is 116 cm³/mol. The van der Waals surface area contributed by atoms with E-state index in [0.717, 1.165) is 26.7 Å². The fourth-order valence-electron chi connectivity index (χ4n) is 3.42. The standard InChI is InChI=1S/C23H22N2O2S/c1-14(2)25(13-16-7-5-4-6-8-16)23(27)20-12-18-21(28-20)17-11-15(3)9-10-19(17)24-22(18)26/h4-12,14H,13H2,1-3H3,(H,24,26). The van der Waals surface area contributed by atoms with Gasteiger partial charge in [-0.3, -0.25) is 9.59 Å². The van der Waals surface area contributed by atoms with Gasteiger partial charge in [0.15, 0.2) is 0 Å². The van der Waals surface area contributed by atoms with Crippen LogP contribution >= 0.6 is 11.3 Å². The second-order valence-corrected chi connectivity index (χ2v) is 8.42. The van der Waals surface area contributed by atoms with E-state index in [1.165, 1.54) is 11.3 Å². The normalized spacial score (nSPS) is 11.4. The van der Waals surface area contributed by atoms with Gasteiger partial charge in [-0.15, -0.1) is 11.3 Å². The first-order valence-corrected chi connectivity index (χ1v) is 10.2. The summed E-state index contributed by atoms with van der Waals surface area (Å²) in [5, 5.41) is 1.56. The Bertz CT molecular complexity index is 1220. The van der Waals surface area contributed by atoms with E-state index in [2.05, 4.69) is 11.1 Å². The Morgan fingerprint density at radius 2 is 1.82 bits per heavy atom. The molecule has 2 aromatic heterocycles. The SMILES string of the molecule is Cc1ccc2[nH]c(=O)c3cc(C(=O)N(Cc4ccccc4)C(C)C)sc3c2c1. The lowest BCUT2D eigenvalue weighted by Crippen LogP contribution is -2.35. The molecule has 0 saturated heterocycles. The molecule has 0 aliphatic carbocycles. The molecule has 2 heterocycles. The molecule has 142 valence electrons. The molecule has 4 rings (SSSR count). The van der Waals surface area contributed by atoms with E-state index < -0.39 is 0 Å². The smallest absolute Gasteiger partial charge is 0.264 e. The quantitative estimate of drug-likeness (QED) is 0.527. The number of rotatable bonds is 4. The van der Waals surface area contributed by atoms with Crippen molar-refractivity contribution in [3.8, 4) is 0 Å². The van der Waals surface area contributed by atoms with Crippen LogP contribution in [-0.4, -0.2) is 21.8 Å². The summed E-state index contributed by atoms with van der Waals surface area (Å²) < 4.78 is 0.870. The Balaban J connectivity index is 1.80. The average Bonchev–Trinajstić information content (AvgIpc) is 3.13. The van der Waals surface area contributed by atoms with E-state index in [1.54, 1.807) is 6.07 Å². The van der Waals surface area contributed by atoms with E-state index in [9.17, 15) is 9.59 Å². The van der Waals surface area contributed by atoms with Crippen molar-refractivity contribution in [2.24, 2.45) is 0 Å². The average molecular weight is 391 g/mol. The Morgan fingerprint density at radius 1 is 1.07 bits per heavy atom. The Hall–Kier alpha value is -2.92. The van der Waals surface area contributed by atoms with Crippen LogP contribution in [0.15, 0.2) is 59.4 Å². The number of H-pyrrole nitrogens is 1. The number of carbonyl (C=O) groups is 1. The third-order valence-electron chi connectivity index (χ3n) is 4.94. The highest BCUT2D eigenvalue weighted by Gasteiger charge is 2.22. The number of carbonyl (C=O) groups excluding carboxylic acids is 1. The van der Waals surface area contributed by atoms with Gasteiger partial charge in [-0.25, -0.2) is 0 Å². The number of thiophene rings is 1. The van der Waals surface area contributed by atoms with E-state index >= 15 is 0 Å². The minimum Gasteiger partial charge on any atom is -0.331 e. The summed E-state index contributed by atoms with van der Waals surface area (Å²) in [5.74, 6) is -0.0414. The highest BCUT2D eigenvalue weighted by molar-refractivity contribution is 7.21. The summed E-state index contributed by atoms with van der Waals surface area (Å²) in [7, 11) is 0. The fraction of sp³-hybridized carbons (Fsp3) is 0.217. The first-order chi connectivity index (χ1) is 13.4. The molecule has 0 bridgehead atoms. The number of fused-ring (bicyclic) bond motifs is 3. The summed E-state index contributed by atoms with van der Waals surface area (Å²) >= 11 is 1.40. The number of amides is 1. The Kier molecular flexibility index (Phi) is 4.77. The van der Waals surface area contributed by atoms with Gasteiger partial charge in [-0.1, -0.05) is 42.0 Å². The molecule has 1 N–H and O–H groups in total. The van der Waals surface area contributed by atoms with Crippen LogP contribution in [0.5, 0.6) is 0 Å². The summed E-state index contributed by atoms with van der Waals surface area (Å²) in [5.41, 5.74) is 2.86. The zero-order valence-electron chi connectivity index (χ0n) is 16.2. The highest BCUT2D eigenvalue weighted by atomic mass is 32.1. The molecule has 0 aliphatic heterocycles. The molecule has 2 aromatic carbocycles. The minimum atomic E-state index is -0.152. The van der Waals surface area contributed by atoms with Gasteiger partial charge in [0.05, 0.1) is 10.3 Å². The van der Waals surface area contributed by atoms with Crippen molar-refractivity contribution in [1.29, 1.82) is 0 Å². The zero-order valence-corrected chi connectivity index (χ0v) is 17.0. The maximum Gasteiger partial charge on any atom is 0.264 e. The fourth-order valence-corrected chi connectivity index (χ4v) is 4.56. The van der Waals surface area contributed by atoms with Crippen molar-refractivity contribution in [2.45, 2.75) is 33.4 Å². The van der Waals surface area contributed by atoms with Crippen molar-refractivity contribution in [3.63, 3.8) is 0 Å². The lowest BCUT2D eigenvalue weighted by molar-refractivity contribution is 0.0695. The predicted octanol–water partition coefficient (Wildman–Crippen LogP) is 5.10. The number of hydrogen-bond donors (Lipinski definition) is 1. The van der Waals surface area contributed by atoms with Crippen LogP contribution in [0.4, 0.5) is 0 Å². The Labute approximate surface area is 167 Å². The largest absolute Gasteiger partial charge is 0.331 e. The van der Waals surface area contributed by atoms with E-state index in [1.807, 2.05) is 68.1 Å². The molecule has 5 heteroatoms. The van der Waals surface area contributed by atoms with Gasteiger partial charge in [0.2, 0.25) is 0 Å². The number of aromatic amines is 1. The van der Waals surface area contributed by atoms with Gasteiger partial charge < -0.3 is 9.88 Å². The number of aromatic nitrogens is 1. The molecule has 4 nitrogen and oxygen atoms in total. The molecule has 0 unspecified atom stereocenters. The van der Waals surface area contributed by atoms with Gasteiger partial charge in [0.1, 0.15) is 0 Å². The van der Waals surface area contributed by atoms with Crippen LogP contribution in [0.25, 0.3) is 21.0 Å². The van der Waals surface area contributed by atoms with E-state index in [4.69, 9.17) is 0 Å². The molecule has 0 fully saturated rings. The molecular weight excluding hydrogens is 368 g/mol. The number of pyridine rings is 1. The molecule has 1 amide bonds. The summed E-state index contributed by atoms with van der Waals surface area (Å²) in [4.78, 5) is 31.2. The van der Waals surface area contributed by atoms with Gasteiger partial charge >= 0.3 is 0 Å². The van der Waals surface area contributed by atoms with E-state index in [-0.39, 0.29) is 17.5 Å². The van der Waals surface area contributed by atoms with Crippen molar-refractivity contribution >= 4 is 38.2 Å². The van der Waals surface area contributed by atoms with Crippen molar-refractivity contribution in [2.75, 3.05) is 0 Å². The molecule has 0 aliphatic rings. The second kappa shape index (κ2) is 7.24. The van der Waals surface area contributed by atoms with Crippen LogP contribution in [0, 0.1) is 6.92 Å². The monoisotopic (exact) mass is 390 g/mol. The lowest BCUT2D eigenvalue weighted by Gasteiger charge is -2.26. The van der Waals surface area contributed by atoms with Crippen LogP contribution in [0.3, 0.4) is 0 Å². The second-order valence-electron chi connectivity index (χ2n) is 7.37. The van der Waals surface area contributed by atoms with Crippen molar-refractivity contribution in [3.05, 3.63) is 81.0 Å². The summed E-state index contributed by atoms with van der Waals surface area (Å²) in [6.07, 6.45) is 0. The van der Waals surface area contributed by atoms with Crippen LogP contribution in [-0.2, 0) is 6.54 Å². The summed E-state index contributed by atoms with van der Waals surface area (Å²) in [6.45, 7) is 6.59. The van der Waals surface area contributed by atoms with Gasteiger partial charge in [0.25, 0.3) is 11.5 Å². The number of aryl methyl sites for hydroxylation is 1. The topological polar surface area (TPSA) is 53.2 Å². The Morgan fingerprint density at radius 3 is 2.54 bits per heavy atom. The number of benzene rings is 2. The molecular formula is C23H22N2O2S. The molecule has 28 heavy (non-hydrogen) atoms. The van der Waals surface area contributed by atoms with Gasteiger partial charge in [0, 0.05) is 28.2 Å². The minimum absolute atomic E-state index is 0.0414. The van der Waals surface area contributed by atoms with Crippen LogP contribution in [0.2, 0.25) is 0 Å². The maximum absolute atomic E-state index is 13.3. The zero-order chi connectivity index (χ0) is 19.8. The summed E-state index contributed by atoms with van der Waals surface area (Å²) in [6, 6.07) is 17.7. The van der Waals surface area contributed by atoms with Crippen molar-refractivity contribution in [1.82, 2.24) is 9.88 Å². The van der Waals surface area contributed by atoms with Crippen molar-refractivity contribution < 1.29 is 4.79 Å². The van der Waals surface area contributed by atoms with E-state index in [0.29, 0.717) is 16.8 Å². The molecule has 0 saturated carbocycles.